The summed E-state index contributed by atoms with van der Waals surface area (Å²) in [5, 5.41) is 14.6. The van der Waals surface area contributed by atoms with Crippen molar-refractivity contribution in [1.82, 2.24) is 9.97 Å². The smallest absolute Gasteiger partial charge is 0.312 e. The van der Waals surface area contributed by atoms with Gasteiger partial charge in [0.2, 0.25) is 0 Å². The Balaban J connectivity index is 2.38. The first-order valence-corrected chi connectivity index (χ1v) is 7.67. The zero-order valence-corrected chi connectivity index (χ0v) is 13.2. The van der Waals surface area contributed by atoms with Crippen LogP contribution in [0.3, 0.4) is 0 Å². The van der Waals surface area contributed by atoms with Crippen molar-refractivity contribution in [2.75, 3.05) is 5.32 Å². The Morgan fingerprint density at radius 1 is 1.32 bits per heavy atom. The zero-order chi connectivity index (χ0) is 16.1. The molecule has 0 radical (unpaired) electrons. The van der Waals surface area contributed by atoms with Gasteiger partial charge in [-0.05, 0) is 37.3 Å². The van der Waals surface area contributed by atoms with Gasteiger partial charge >= 0.3 is 5.69 Å². The van der Waals surface area contributed by atoms with Crippen molar-refractivity contribution in [3.05, 3.63) is 34.6 Å². The van der Waals surface area contributed by atoms with Gasteiger partial charge in [0.1, 0.15) is 17.4 Å². The fourth-order valence-corrected chi connectivity index (χ4v) is 2.41. The predicted octanol–water partition coefficient (Wildman–Crippen LogP) is 4.16. The van der Waals surface area contributed by atoms with E-state index in [1.54, 1.807) is 12.3 Å². The summed E-state index contributed by atoms with van der Waals surface area (Å²) in [5.41, 5.74) is 1.68. The fraction of sp³-hybridized carbons (Fsp3) is 0.500. The molecule has 2 heterocycles. The van der Waals surface area contributed by atoms with E-state index >= 15 is 0 Å². The average molecular weight is 302 g/mol. The van der Waals surface area contributed by atoms with E-state index in [1.165, 1.54) is 6.20 Å². The van der Waals surface area contributed by atoms with E-state index in [9.17, 15) is 10.1 Å². The van der Waals surface area contributed by atoms with Gasteiger partial charge in [-0.25, -0.2) is 4.98 Å². The summed E-state index contributed by atoms with van der Waals surface area (Å²) in [7, 11) is 0. The summed E-state index contributed by atoms with van der Waals surface area (Å²) >= 11 is 0. The highest BCUT2D eigenvalue weighted by Gasteiger charge is 2.21. The van der Waals surface area contributed by atoms with Gasteiger partial charge in [0, 0.05) is 12.2 Å². The van der Waals surface area contributed by atoms with Crippen molar-refractivity contribution in [1.29, 1.82) is 0 Å². The molecule has 0 fully saturated rings. The molecule has 0 aliphatic rings. The molecule has 0 aliphatic carbocycles. The molecule has 2 aromatic heterocycles. The Morgan fingerprint density at radius 2 is 2.09 bits per heavy atom. The molecule has 0 saturated heterocycles. The lowest BCUT2D eigenvalue weighted by Gasteiger charge is -2.19. The minimum Gasteiger partial charge on any atom is -0.375 e. The van der Waals surface area contributed by atoms with Crippen molar-refractivity contribution in [3.8, 4) is 0 Å². The Morgan fingerprint density at radius 3 is 2.73 bits per heavy atom. The summed E-state index contributed by atoms with van der Waals surface area (Å²) in [6.07, 6.45) is 5.90. The van der Waals surface area contributed by atoms with Crippen LogP contribution in [0.4, 0.5) is 11.4 Å². The summed E-state index contributed by atoms with van der Waals surface area (Å²) in [4.78, 5) is 19.3. The quantitative estimate of drug-likeness (QED) is 0.613. The van der Waals surface area contributed by atoms with Gasteiger partial charge < -0.3 is 5.32 Å². The number of pyridine rings is 2. The van der Waals surface area contributed by atoms with E-state index in [2.05, 4.69) is 36.1 Å². The molecule has 22 heavy (non-hydrogen) atoms. The van der Waals surface area contributed by atoms with Gasteiger partial charge in [-0.1, -0.05) is 20.8 Å². The number of hydrogen-bond donors (Lipinski definition) is 1. The van der Waals surface area contributed by atoms with Gasteiger partial charge in [-0.15, -0.1) is 0 Å². The second-order valence-corrected chi connectivity index (χ2v) is 5.87. The van der Waals surface area contributed by atoms with E-state index in [-0.39, 0.29) is 11.7 Å². The second-order valence-electron chi connectivity index (χ2n) is 5.87. The van der Waals surface area contributed by atoms with E-state index < -0.39 is 4.92 Å². The molecular weight excluding hydrogens is 280 g/mol. The number of aromatic nitrogens is 2. The molecule has 0 aromatic carbocycles. The minimum atomic E-state index is -0.404. The third-order valence-corrected chi connectivity index (χ3v) is 3.74. The molecule has 1 N–H and O–H groups in total. The van der Waals surface area contributed by atoms with E-state index in [0.717, 1.165) is 19.3 Å². The van der Waals surface area contributed by atoms with Gasteiger partial charge in [-0.2, -0.15) is 0 Å². The number of nitro groups is 1. The molecular formula is C16H22N4O2. The molecule has 1 unspecified atom stereocenters. The first-order chi connectivity index (χ1) is 10.5. The maximum Gasteiger partial charge on any atom is 0.312 e. The number of rotatable bonds is 7. The van der Waals surface area contributed by atoms with Gasteiger partial charge in [-0.3, -0.25) is 15.1 Å². The molecule has 2 rings (SSSR count). The third kappa shape index (κ3) is 3.69. The molecule has 2 aromatic rings. The van der Waals surface area contributed by atoms with Crippen molar-refractivity contribution < 1.29 is 4.92 Å². The Hall–Kier alpha value is -2.24. The topological polar surface area (TPSA) is 81.0 Å². The maximum atomic E-state index is 11.3. The van der Waals surface area contributed by atoms with Crippen molar-refractivity contribution in [3.63, 3.8) is 0 Å². The van der Waals surface area contributed by atoms with Gasteiger partial charge in [0.25, 0.3) is 0 Å². The van der Waals surface area contributed by atoms with E-state index in [1.807, 2.05) is 6.07 Å². The molecule has 6 nitrogen and oxygen atoms in total. The average Bonchev–Trinajstić information content (AvgIpc) is 2.50. The lowest BCUT2D eigenvalue weighted by Crippen LogP contribution is -2.20. The van der Waals surface area contributed by atoms with Crippen LogP contribution in [-0.2, 0) is 0 Å². The molecule has 0 aliphatic heterocycles. The second kappa shape index (κ2) is 7.15. The summed E-state index contributed by atoms with van der Waals surface area (Å²) in [6.45, 7) is 6.44. The Labute approximate surface area is 130 Å². The summed E-state index contributed by atoms with van der Waals surface area (Å²) in [5.74, 6) is 0.609. The molecule has 118 valence electrons. The van der Waals surface area contributed by atoms with Crippen LogP contribution in [0.15, 0.2) is 24.5 Å². The van der Waals surface area contributed by atoms with Crippen molar-refractivity contribution in [2.45, 2.75) is 46.1 Å². The lowest BCUT2D eigenvalue weighted by atomic mass is 10.0. The lowest BCUT2D eigenvalue weighted by molar-refractivity contribution is -0.384. The molecule has 1 atom stereocenters. The first kappa shape index (κ1) is 16.1. The van der Waals surface area contributed by atoms with Crippen LogP contribution in [0.5, 0.6) is 0 Å². The van der Waals surface area contributed by atoms with Crippen LogP contribution in [0.25, 0.3) is 11.0 Å². The van der Waals surface area contributed by atoms with Crippen LogP contribution in [-0.4, -0.2) is 20.9 Å². The molecule has 0 spiro atoms. The van der Waals surface area contributed by atoms with Crippen LogP contribution >= 0.6 is 0 Å². The predicted molar refractivity (Wildman–Crippen MR) is 88.0 cm³/mol. The molecule has 6 heteroatoms. The minimum absolute atomic E-state index is 0.0193. The first-order valence-electron chi connectivity index (χ1n) is 7.67. The third-order valence-electron chi connectivity index (χ3n) is 3.74. The maximum absolute atomic E-state index is 11.3. The number of hydrogen-bond acceptors (Lipinski definition) is 5. The fourth-order valence-electron chi connectivity index (χ4n) is 2.41. The highest BCUT2D eigenvalue weighted by Crippen LogP contribution is 2.31. The highest BCUT2D eigenvalue weighted by atomic mass is 16.6. The Bertz CT molecular complexity index is 658. The van der Waals surface area contributed by atoms with Crippen LogP contribution < -0.4 is 5.32 Å². The van der Waals surface area contributed by atoms with E-state index in [4.69, 9.17) is 0 Å². The van der Waals surface area contributed by atoms with Crippen LogP contribution in [0, 0.1) is 16.0 Å². The Kier molecular flexibility index (Phi) is 5.25. The number of nitrogens with one attached hydrogen (secondary N) is 1. The zero-order valence-electron chi connectivity index (χ0n) is 13.2. The van der Waals surface area contributed by atoms with Gasteiger partial charge in [0.15, 0.2) is 0 Å². The van der Waals surface area contributed by atoms with Crippen molar-refractivity contribution in [2.24, 2.45) is 5.92 Å². The number of fused-ring (bicyclic) bond motifs is 1. The summed E-state index contributed by atoms with van der Waals surface area (Å²) in [6, 6.07) is 3.78. The van der Waals surface area contributed by atoms with Crippen LogP contribution in [0.1, 0.15) is 40.0 Å². The highest BCUT2D eigenvalue weighted by molar-refractivity contribution is 5.92. The normalized spacial score (nSPS) is 12.5. The van der Waals surface area contributed by atoms with Crippen molar-refractivity contribution >= 4 is 22.4 Å². The van der Waals surface area contributed by atoms with E-state index in [0.29, 0.717) is 22.6 Å². The SMILES string of the molecule is CCC(CCC(C)C)Nc1c([N+](=O)[O-])cnc2cccnc12. The monoisotopic (exact) mass is 302 g/mol. The molecule has 0 bridgehead atoms. The molecule has 0 amide bonds. The number of anilines is 1. The summed E-state index contributed by atoms with van der Waals surface area (Å²) < 4.78 is 0. The van der Waals surface area contributed by atoms with Gasteiger partial charge in [0.05, 0.1) is 10.4 Å². The van der Waals surface area contributed by atoms with Crippen LogP contribution in [0.2, 0.25) is 0 Å². The molecule has 0 saturated carbocycles. The largest absolute Gasteiger partial charge is 0.375 e. The standard InChI is InChI=1S/C16H22N4O2/c1-4-12(8-7-11(2)3)19-16-14(20(21)22)10-18-13-6-5-9-17-15(13)16/h5-6,9-12H,4,7-8H2,1-3H3,(H,18,19). The number of nitrogens with zero attached hydrogens (tertiary/aromatic N) is 3.